The lowest BCUT2D eigenvalue weighted by Crippen LogP contribution is -2.33. The van der Waals surface area contributed by atoms with Gasteiger partial charge < -0.3 is 5.73 Å². The Bertz CT molecular complexity index is 1220. The van der Waals surface area contributed by atoms with Crippen molar-refractivity contribution >= 4 is 27.5 Å². The van der Waals surface area contributed by atoms with Crippen LogP contribution in [-0.2, 0) is 4.79 Å². The van der Waals surface area contributed by atoms with E-state index in [4.69, 9.17) is 10.7 Å². The summed E-state index contributed by atoms with van der Waals surface area (Å²) < 4.78 is 1.40. The summed E-state index contributed by atoms with van der Waals surface area (Å²) in [7, 11) is 0. The third kappa shape index (κ3) is 3.12. The molecule has 0 fully saturated rings. The van der Waals surface area contributed by atoms with E-state index in [-0.39, 0.29) is 5.56 Å². The summed E-state index contributed by atoms with van der Waals surface area (Å²) in [6.07, 6.45) is 0. The molecule has 0 spiro atoms. The van der Waals surface area contributed by atoms with E-state index < -0.39 is 11.9 Å². The van der Waals surface area contributed by atoms with Gasteiger partial charge in [0, 0.05) is 10.4 Å². The minimum atomic E-state index is -0.805. The van der Waals surface area contributed by atoms with Gasteiger partial charge in [-0.3, -0.25) is 14.2 Å². The lowest BCUT2D eigenvalue weighted by molar-refractivity contribution is -0.120. The highest BCUT2D eigenvalue weighted by Crippen LogP contribution is 2.32. The molecule has 0 radical (unpaired) electrons. The molecule has 4 rings (SSSR count). The average Bonchev–Trinajstić information content (AvgIpc) is 3.13. The molecular weight excluding hydrogens is 370 g/mol. The van der Waals surface area contributed by atoms with E-state index in [1.54, 1.807) is 6.92 Å². The summed E-state index contributed by atoms with van der Waals surface area (Å²) in [5.74, 6) is -0.125. The Kier molecular flexibility index (Phi) is 4.57. The molecule has 140 valence electrons. The zero-order valence-electron chi connectivity index (χ0n) is 15.5. The number of hydrogen-bond acceptors (Lipinski definition) is 4. The van der Waals surface area contributed by atoms with Crippen LogP contribution in [0.1, 0.15) is 18.5 Å². The van der Waals surface area contributed by atoms with Crippen LogP contribution in [0, 0.1) is 6.92 Å². The molecule has 2 N–H and O–H groups in total. The van der Waals surface area contributed by atoms with Gasteiger partial charge in [0.25, 0.3) is 5.56 Å². The van der Waals surface area contributed by atoms with Crippen molar-refractivity contribution in [2.24, 2.45) is 5.73 Å². The summed E-state index contributed by atoms with van der Waals surface area (Å²) >= 11 is 1.46. The molecule has 2 aromatic heterocycles. The molecule has 1 atom stereocenters. The van der Waals surface area contributed by atoms with Crippen molar-refractivity contribution < 1.29 is 4.79 Å². The highest BCUT2D eigenvalue weighted by Gasteiger charge is 2.22. The zero-order valence-corrected chi connectivity index (χ0v) is 16.4. The molecule has 0 saturated heterocycles. The SMILES string of the molecule is Cc1ccc(-c2nc3sc(-c4ccccc4)cc3c(=O)n2C(C)C(N)=O)cc1. The van der Waals surface area contributed by atoms with Gasteiger partial charge in [-0.15, -0.1) is 11.3 Å². The first kappa shape index (κ1) is 18.1. The topological polar surface area (TPSA) is 78.0 Å². The van der Waals surface area contributed by atoms with Crippen LogP contribution in [0.5, 0.6) is 0 Å². The van der Waals surface area contributed by atoms with E-state index in [0.29, 0.717) is 16.0 Å². The number of nitrogens with zero attached hydrogens (tertiary/aromatic N) is 2. The molecule has 2 aromatic carbocycles. The number of primary amides is 1. The van der Waals surface area contributed by atoms with Gasteiger partial charge in [0.2, 0.25) is 5.91 Å². The summed E-state index contributed by atoms with van der Waals surface area (Å²) in [6, 6.07) is 18.6. The number of aryl methyl sites for hydroxylation is 1. The van der Waals surface area contributed by atoms with Crippen LogP contribution < -0.4 is 11.3 Å². The van der Waals surface area contributed by atoms with E-state index in [1.165, 1.54) is 15.9 Å². The largest absolute Gasteiger partial charge is 0.368 e. The van der Waals surface area contributed by atoms with Crippen molar-refractivity contribution in [1.82, 2.24) is 9.55 Å². The van der Waals surface area contributed by atoms with Gasteiger partial charge in [0.1, 0.15) is 16.7 Å². The summed E-state index contributed by atoms with van der Waals surface area (Å²) in [4.78, 5) is 31.6. The van der Waals surface area contributed by atoms with Crippen LogP contribution in [0.4, 0.5) is 0 Å². The molecule has 0 saturated carbocycles. The smallest absolute Gasteiger partial charge is 0.263 e. The fourth-order valence-electron chi connectivity index (χ4n) is 3.13. The lowest BCUT2D eigenvalue weighted by Gasteiger charge is -2.16. The molecule has 0 aliphatic heterocycles. The number of nitrogens with two attached hydrogens (primary N) is 1. The second-order valence-electron chi connectivity index (χ2n) is 6.75. The quantitative estimate of drug-likeness (QED) is 0.570. The van der Waals surface area contributed by atoms with Gasteiger partial charge in [-0.25, -0.2) is 4.98 Å². The molecule has 28 heavy (non-hydrogen) atoms. The zero-order chi connectivity index (χ0) is 19.8. The van der Waals surface area contributed by atoms with Crippen molar-refractivity contribution in [3.8, 4) is 21.8 Å². The minimum absolute atomic E-state index is 0.259. The van der Waals surface area contributed by atoms with Gasteiger partial charge in [-0.1, -0.05) is 60.2 Å². The van der Waals surface area contributed by atoms with Crippen molar-refractivity contribution in [3.63, 3.8) is 0 Å². The van der Waals surface area contributed by atoms with Gasteiger partial charge in [0.05, 0.1) is 5.39 Å². The highest BCUT2D eigenvalue weighted by molar-refractivity contribution is 7.21. The number of rotatable bonds is 4. The van der Waals surface area contributed by atoms with E-state index >= 15 is 0 Å². The molecule has 4 aromatic rings. The number of carbonyl (C=O) groups is 1. The molecular formula is C22H19N3O2S. The molecule has 6 heteroatoms. The molecule has 5 nitrogen and oxygen atoms in total. The predicted octanol–water partition coefficient (Wildman–Crippen LogP) is 4.15. The lowest BCUT2D eigenvalue weighted by atomic mass is 10.1. The van der Waals surface area contributed by atoms with Crippen molar-refractivity contribution in [2.75, 3.05) is 0 Å². The fourth-order valence-corrected chi connectivity index (χ4v) is 4.16. The third-order valence-electron chi connectivity index (χ3n) is 4.76. The van der Waals surface area contributed by atoms with Crippen LogP contribution in [0.3, 0.4) is 0 Å². The van der Waals surface area contributed by atoms with E-state index in [9.17, 15) is 9.59 Å². The molecule has 1 unspecified atom stereocenters. The second-order valence-corrected chi connectivity index (χ2v) is 7.78. The molecule has 0 bridgehead atoms. The molecule has 0 aliphatic carbocycles. The van der Waals surface area contributed by atoms with Crippen LogP contribution >= 0.6 is 11.3 Å². The predicted molar refractivity (Wildman–Crippen MR) is 113 cm³/mol. The van der Waals surface area contributed by atoms with Crippen molar-refractivity contribution in [1.29, 1.82) is 0 Å². The number of fused-ring (bicyclic) bond motifs is 1. The van der Waals surface area contributed by atoms with E-state index in [0.717, 1.165) is 21.6 Å². The second kappa shape index (κ2) is 7.05. The van der Waals surface area contributed by atoms with Gasteiger partial charge in [-0.05, 0) is 25.5 Å². The first-order valence-electron chi connectivity index (χ1n) is 8.93. The average molecular weight is 389 g/mol. The number of thiophene rings is 1. The fraction of sp³-hybridized carbons (Fsp3) is 0.136. The standard InChI is InChI=1S/C22H19N3O2S/c1-13-8-10-16(11-9-13)20-24-21-17(22(27)25(20)14(2)19(23)26)12-18(28-21)15-6-4-3-5-7-15/h3-12,14H,1-2H3,(H2,23,26). The van der Waals surface area contributed by atoms with Gasteiger partial charge in [-0.2, -0.15) is 0 Å². The van der Waals surface area contributed by atoms with Crippen molar-refractivity contribution in [3.05, 3.63) is 76.6 Å². The minimum Gasteiger partial charge on any atom is -0.368 e. The molecule has 2 heterocycles. The van der Waals surface area contributed by atoms with Crippen LogP contribution in [0.25, 0.3) is 32.0 Å². The molecule has 0 aliphatic rings. The maximum absolute atomic E-state index is 13.3. The van der Waals surface area contributed by atoms with Crippen LogP contribution in [0.15, 0.2) is 65.5 Å². The molecule has 1 amide bonds. The number of aromatic nitrogens is 2. The summed E-state index contributed by atoms with van der Waals surface area (Å²) in [5.41, 5.74) is 8.16. The summed E-state index contributed by atoms with van der Waals surface area (Å²) in [5, 5.41) is 0.493. The maximum atomic E-state index is 13.3. The third-order valence-corrected chi connectivity index (χ3v) is 5.84. The number of hydrogen-bond donors (Lipinski definition) is 1. The normalized spacial score (nSPS) is 12.2. The summed E-state index contributed by atoms with van der Waals surface area (Å²) in [6.45, 7) is 3.62. The van der Waals surface area contributed by atoms with Gasteiger partial charge >= 0.3 is 0 Å². The highest BCUT2D eigenvalue weighted by atomic mass is 32.1. The van der Waals surface area contributed by atoms with Gasteiger partial charge in [0.15, 0.2) is 0 Å². The van der Waals surface area contributed by atoms with Crippen molar-refractivity contribution in [2.45, 2.75) is 19.9 Å². The number of benzene rings is 2. The number of carbonyl (C=O) groups excluding carboxylic acids is 1. The Morgan fingerprint density at radius 1 is 1.07 bits per heavy atom. The monoisotopic (exact) mass is 389 g/mol. The Labute approximate surface area is 166 Å². The first-order valence-corrected chi connectivity index (χ1v) is 9.75. The maximum Gasteiger partial charge on any atom is 0.263 e. The van der Waals surface area contributed by atoms with Crippen LogP contribution in [-0.4, -0.2) is 15.5 Å². The van der Waals surface area contributed by atoms with Crippen LogP contribution in [0.2, 0.25) is 0 Å². The Morgan fingerprint density at radius 3 is 2.39 bits per heavy atom. The Balaban J connectivity index is 2.01. The number of amides is 1. The first-order chi connectivity index (χ1) is 13.5. The Hall–Kier alpha value is -3.25. The van der Waals surface area contributed by atoms with E-state index in [1.807, 2.05) is 67.6 Å². The Morgan fingerprint density at radius 2 is 1.75 bits per heavy atom. The van der Waals surface area contributed by atoms with E-state index in [2.05, 4.69) is 0 Å².